The molecule has 1 fully saturated rings. The Bertz CT molecular complexity index is 459. The van der Waals surface area contributed by atoms with Crippen molar-refractivity contribution in [1.29, 1.82) is 0 Å². The van der Waals surface area contributed by atoms with Gasteiger partial charge in [0.25, 0.3) is 0 Å². The number of β-amino-alcohol motifs (C(OH)–C–C–N with tert-alkyl or cyclic N) is 1. The monoisotopic (exact) mass is 319 g/mol. The van der Waals surface area contributed by atoms with E-state index in [-0.39, 0.29) is 0 Å². The molecule has 22 heavy (non-hydrogen) atoms. The summed E-state index contributed by atoms with van der Waals surface area (Å²) in [5.74, 6) is 0.546. The lowest BCUT2D eigenvalue weighted by Crippen LogP contribution is -2.49. The van der Waals surface area contributed by atoms with Crippen molar-refractivity contribution in [3.05, 3.63) is 23.9 Å². The first-order valence-corrected chi connectivity index (χ1v) is 7.07. The zero-order valence-corrected chi connectivity index (χ0v) is 12.4. The third kappa shape index (κ3) is 4.56. The van der Waals surface area contributed by atoms with Crippen LogP contribution in [0.3, 0.4) is 0 Å². The van der Waals surface area contributed by atoms with Crippen molar-refractivity contribution in [2.75, 3.05) is 51.3 Å². The van der Waals surface area contributed by atoms with Gasteiger partial charge in [0.2, 0.25) is 0 Å². The van der Waals surface area contributed by atoms with E-state index in [1.165, 1.54) is 13.2 Å². The number of anilines is 1. The van der Waals surface area contributed by atoms with E-state index in [9.17, 15) is 18.3 Å². The van der Waals surface area contributed by atoms with Gasteiger partial charge in [-0.25, -0.2) is 4.98 Å². The van der Waals surface area contributed by atoms with Gasteiger partial charge in [-0.05, 0) is 12.1 Å². The van der Waals surface area contributed by atoms with E-state index in [2.05, 4.69) is 9.88 Å². The maximum atomic E-state index is 12.5. The lowest BCUT2D eigenvalue weighted by molar-refractivity contribution is -0.137. The van der Waals surface area contributed by atoms with Crippen LogP contribution in [0.25, 0.3) is 0 Å². The Morgan fingerprint density at radius 1 is 1.27 bits per heavy atom. The first-order valence-electron chi connectivity index (χ1n) is 7.07. The molecular weight excluding hydrogens is 299 g/mol. The highest BCUT2D eigenvalue weighted by molar-refractivity contribution is 5.40. The molecule has 0 amide bonds. The highest BCUT2D eigenvalue weighted by Crippen LogP contribution is 2.29. The van der Waals surface area contributed by atoms with Crippen LogP contribution in [0.1, 0.15) is 5.56 Å². The smallest absolute Gasteiger partial charge is 0.389 e. The molecule has 0 aromatic carbocycles. The SMILES string of the molecule is COCC(O)CN1CCN(c2ccc(C(F)(F)F)cn2)CC1. The number of aromatic nitrogens is 1. The maximum Gasteiger partial charge on any atom is 0.417 e. The molecular formula is C14H20F3N3O2. The summed E-state index contributed by atoms with van der Waals surface area (Å²) in [5, 5.41) is 9.69. The Labute approximate surface area is 127 Å². The molecule has 1 aromatic rings. The molecule has 5 nitrogen and oxygen atoms in total. The van der Waals surface area contributed by atoms with E-state index < -0.39 is 17.8 Å². The molecule has 2 rings (SSSR count). The number of methoxy groups -OCH3 is 1. The van der Waals surface area contributed by atoms with Crippen molar-refractivity contribution in [3.63, 3.8) is 0 Å². The van der Waals surface area contributed by atoms with Gasteiger partial charge in [0.1, 0.15) is 5.82 Å². The zero-order valence-electron chi connectivity index (χ0n) is 12.4. The quantitative estimate of drug-likeness (QED) is 0.885. The summed E-state index contributed by atoms with van der Waals surface area (Å²) in [4.78, 5) is 7.95. The molecule has 1 aromatic heterocycles. The van der Waals surface area contributed by atoms with Crippen LogP contribution in [0.2, 0.25) is 0 Å². The van der Waals surface area contributed by atoms with Crippen molar-refractivity contribution < 1.29 is 23.0 Å². The minimum Gasteiger partial charge on any atom is -0.389 e. The van der Waals surface area contributed by atoms with Crippen molar-refractivity contribution in [2.24, 2.45) is 0 Å². The Balaban J connectivity index is 1.86. The first kappa shape index (κ1) is 17.0. The van der Waals surface area contributed by atoms with Crippen molar-refractivity contribution in [2.45, 2.75) is 12.3 Å². The summed E-state index contributed by atoms with van der Waals surface area (Å²) < 4.78 is 42.4. The summed E-state index contributed by atoms with van der Waals surface area (Å²) in [6, 6.07) is 2.45. The average molecular weight is 319 g/mol. The standard InChI is InChI=1S/C14H20F3N3O2/c1-22-10-12(21)9-19-4-6-20(7-5-19)13-3-2-11(8-18-13)14(15,16)17/h2-3,8,12,21H,4-7,9-10H2,1H3. The number of alkyl halides is 3. The number of aliphatic hydroxyl groups excluding tert-OH is 1. The molecule has 1 unspecified atom stereocenters. The summed E-state index contributed by atoms with van der Waals surface area (Å²) in [5.41, 5.74) is -0.738. The number of ether oxygens (including phenoxy) is 1. The molecule has 124 valence electrons. The number of rotatable bonds is 5. The molecule has 0 aliphatic carbocycles. The second kappa shape index (κ2) is 7.26. The first-order chi connectivity index (χ1) is 10.4. The average Bonchev–Trinajstić information content (AvgIpc) is 2.47. The fourth-order valence-corrected chi connectivity index (χ4v) is 2.44. The molecule has 1 aliphatic heterocycles. The van der Waals surface area contributed by atoms with Crippen LogP contribution in [0, 0.1) is 0 Å². The predicted molar refractivity (Wildman–Crippen MR) is 75.8 cm³/mol. The minimum absolute atomic E-state index is 0.292. The van der Waals surface area contributed by atoms with Gasteiger partial charge in [-0.3, -0.25) is 4.90 Å². The number of hydrogen-bond donors (Lipinski definition) is 1. The summed E-state index contributed by atoms with van der Waals surface area (Å²) in [7, 11) is 1.54. The van der Waals surface area contributed by atoms with Crippen molar-refractivity contribution in [3.8, 4) is 0 Å². The van der Waals surface area contributed by atoms with Gasteiger partial charge in [-0.2, -0.15) is 13.2 Å². The third-order valence-electron chi connectivity index (χ3n) is 3.60. The van der Waals surface area contributed by atoms with Crippen LogP contribution in [-0.2, 0) is 10.9 Å². The zero-order chi connectivity index (χ0) is 16.2. The van der Waals surface area contributed by atoms with Crippen LogP contribution >= 0.6 is 0 Å². The van der Waals surface area contributed by atoms with E-state index in [0.717, 1.165) is 25.4 Å². The number of piperazine rings is 1. The Hall–Kier alpha value is -1.38. The van der Waals surface area contributed by atoms with E-state index in [1.54, 1.807) is 0 Å². The molecule has 1 atom stereocenters. The van der Waals surface area contributed by atoms with E-state index in [4.69, 9.17) is 4.74 Å². The number of hydrogen-bond acceptors (Lipinski definition) is 5. The highest BCUT2D eigenvalue weighted by Gasteiger charge is 2.31. The predicted octanol–water partition coefficient (Wildman–Crippen LogP) is 1.23. The Morgan fingerprint density at radius 3 is 2.45 bits per heavy atom. The number of nitrogens with zero attached hydrogens (tertiary/aromatic N) is 3. The molecule has 8 heteroatoms. The fraction of sp³-hybridized carbons (Fsp3) is 0.643. The van der Waals surface area contributed by atoms with Gasteiger partial charge in [-0.15, -0.1) is 0 Å². The van der Waals surface area contributed by atoms with Gasteiger partial charge in [0.05, 0.1) is 18.3 Å². The Kier molecular flexibility index (Phi) is 5.60. The van der Waals surface area contributed by atoms with Crippen LogP contribution < -0.4 is 4.90 Å². The van der Waals surface area contributed by atoms with Gasteiger partial charge in [0, 0.05) is 46.0 Å². The molecule has 0 bridgehead atoms. The normalized spacial score (nSPS) is 18.5. The third-order valence-corrected chi connectivity index (χ3v) is 3.60. The van der Waals surface area contributed by atoms with E-state index in [1.807, 2.05) is 4.90 Å². The molecule has 0 spiro atoms. The van der Waals surface area contributed by atoms with Gasteiger partial charge < -0.3 is 14.7 Å². The van der Waals surface area contributed by atoms with Gasteiger partial charge >= 0.3 is 6.18 Å². The van der Waals surface area contributed by atoms with Gasteiger partial charge in [0.15, 0.2) is 0 Å². The Morgan fingerprint density at radius 2 is 1.95 bits per heavy atom. The molecule has 0 radical (unpaired) electrons. The molecule has 1 saturated heterocycles. The van der Waals surface area contributed by atoms with Crippen molar-refractivity contribution in [1.82, 2.24) is 9.88 Å². The number of pyridine rings is 1. The highest BCUT2D eigenvalue weighted by atomic mass is 19.4. The lowest BCUT2D eigenvalue weighted by Gasteiger charge is -2.36. The van der Waals surface area contributed by atoms with Crippen molar-refractivity contribution >= 4 is 5.82 Å². The van der Waals surface area contributed by atoms with Crippen LogP contribution in [0.5, 0.6) is 0 Å². The summed E-state index contributed by atoms with van der Waals surface area (Å²) >= 11 is 0. The largest absolute Gasteiger partial charge is 0.417 e. The summed E-state index contributed by atoms with van der Waals surface area (Å²) in [6.07, 6.45) is -4.02. The topological polar surface area (TPSA) is 48.8 Å². The minimum atomic E-state index is -4.36. The number of aliphatic hydroxyl groups is 1. The molecule has 1 aliphatic rings. The summed E-state index contributed by atoms with van der Waals surface area (Å²) in [6.45, 7) is 3.60. The van der Waals surface area contributed by atoms with E-state index >= 15 is 0 Å². The van der Waals surface area contributed by atoms with E-state index in [0.29, 0.717) is 32.1 Å². The maximum absolute atomic E-state index is 12.5. The van der Waals surface area contributed by atoms with Crippen LogP contribution in [0.4, 0.5) is 19.0 Å². The van der Waals surface area contributed by atoms with Crippen LogP contribution in [0.15, 0.2) is 18.3 Å². The molecule has 1 N–H and O–H groups in total. The fourth-order valence-electron chi connectivity index (χ4n) is 2.44. The second-order valence-electron chi connectivity index (χ2n) is 5.30. The number of halogens is 3. The van der Waals surface area contributed by atoms with Gasteiger partial charge in [-0.1, -0.05) is 0 Å². The molecule has 2 heterocycles. The second-order valence-corrected chi connectivity index (χ2v) is 5.30. The molecule has 0 saturated carbocycles. The van der Waals surface area contributed by atoms with Crippen LogP contribution in [-0.4, -0.2) is 67.5 Å². The lowest BCUT2D eigenvalue weighted by atomic mass is 10.2.